The van der Waals surface area contributed by atoms with Crippen LogP contribution in [0.25, 0.3) is 0 Å². The monoisotopic (exact) mass is 472 g/mol. The molecule has 2 aromatic rings. The van der Waals surface area contributed by atoms with Gasteiger partial charge >= 0.3 is 6.18 Å². The number of carbonyl (C=O) groups is 1. The minimum atomic E-state index is -4.35. The van der Waals surface area contributed by atoms with Crippen molar-refractivity contribution >= 4 is 39.3 Å². The highest BCUT2D eigenvalue weighted by Gasteiger charge is 2.31. The summed E-state index contributed by atoms with van der Waals surface area (Å²) in [5, 5.41) is 0. The molecule has 0 spiro atoms. The van der Waals surface area contributed by atoms with Crippen molar-refractivity contribution in [3.8, 4) is 0 Å². The molecule has 3 nitrogen and oxygen atoms in total. The van der Waals surface area contributed by atoms with Crippen LogP contribution in [0, 0.1) is 0 Å². The van der Waals surface area contributed by atoms with E-state index in [1.165, 1.54) is 12.1 Å². The van der Waals surface area contributed by atoms with Crippen LogP contribution in [-0.4, -0.2) is 42.7 Å². The van der Waals surface area contributed by atoms with Crippen molar-refractivity contribution in [1.29, 1.82) is 0 Å². The molecule has 2 aromatic carbocycles. The summed E-state index contributed by atoms with van der Waals surface area (Å²) in [6, 6.07) is 13.4. The normalized spacial score (nSPS) is 15.0. The summed E-state index contributed by atoms with van der Waals surface area (Å²) in [4.78, 5) is 16.1. The lowest BCUT2D eigenvalue weighted by Crippen LogP contribution is -2.49. The third-order valence-electron chi connectivity index (χ3n) is 4.58. The highest BCUT2D eigenvalue weighted by atomic mass is 79.9. The van der Waals surface area contributed by atoms with Crippen molar-refractivity contribution in [3.05, 3.63) is 64.1 Å². The fourth-order valence-electron chi connectivity index (χ4n) is 3.02. The minimum Gasteiger partial charge on any atom is -0.368 e. The van der Waals surface area contributed by atoms with Gasteiger partial charge in [-0.3, -0.25) is 4.79 Å². The van der Waals surface area contributed by atoms with Crippen molar-refractivity contribution in [2.75, 3.05) is 36.8 Å². The Morgan fingerprint density at radius 2 is 1.71 bits per heavy atom. The first-order valence-corrected chi connectivity index (χ1v) is 10.8. The summed E-state index contributed by atoms with van der Waals surface area (Å²) in [5.74, 6) is 1.24. The number of thioether (sulfide) groups is 1. The maximum Gasteiger partial charge on any atom is 0.416 e. The topological polar surface area (TPSA) is 23.6 Å². The van der Waals surface area contributed by atoms with Crippen LogP contribution in [0.15, 0.2) is 53.0 Å². The maximum absolute atomic E-state index is 12.9. The van der Waals surface area contributed by atoms with Gasteiger partial charge in [-0.1, -0.05) is 34.1 Å². The van der Waals surface area contributed by atoms with E-state index in [2.05, 4.69) is 15.9 Å². The average Bonchev–Trinajstić information content (AvgIpc) is 2.69. The van der Waals surface area contributed by atoms with Crippen LogP contribution in [0.2, 0.25) is 0 Å². The number of rotatable bonds is 5. The third-order valence-corrected chi connectivity index (χ3v) is 6.10. The molecule has 0 bridgehead atoms. The summed E-state index contributed by atoms with van der Waals surface area (Å²) in [6.07, 6.45) is -4.35. The molecule has 1 heterocycles. The molecule has 0 aromatic heterocycles. The number of halogens is 4. The van der Waals surface area contributed by atoms with E-state index in [9.17, 15) is 18.0 Å². The molecule has 0 saturated carbocycles. The van der Waals surface area contributed by atoms with Gasteiger partial charge in [0.1, 0.15) is 0 Å². The molecule has 28 heavy (non-hydrogen) atoms. The molecule has 0 N–H and O–H groups in total. The molecule has 1 aliphatic heterocycles. The third kappa shape index (κ3) is 5.67. The van der Waals surface area contributed by atoms with E-state index in [1.54, 1.807) is 22.7 Å². The molecule has 0 atom stereocenters. The van der Waals surface area contributed by atoms with Gasteiger partial charge in [-0.05, 0) is 35.9 Å². The number of hydrogen-bond donors (Lipinski definition) is 0. The van der Waals surface area contributed by atoms with Crippen LogP contribution < -0.4 is 4.90 Å². The standard InChI is InChI=1S/C20H20BrF3N2OS/c21-17-6-4-15(5-7-17)13-28-14-19(27)26-10-8-25(9-11-26)18-3-1-2-16(12-18)20(22,23)24/h1-7,12H,8-11,13-14H2. The molecule has 150 valence electrons. The first-order chi connectivity index (χ1) is 13.3. The highest BCUT2D eigenvalue weighted by molar-refractivity contribution is 9.10. The second-order valence-corrected chi connectivity index (χ2v) is 8.44. The second-order valence-electron chi connectivity index (χ2n) is 6.54. The number of alkyl halides is 3. The molecule has 1 saturated heterocycles. The molecule has 1 amide bonds. The van der Waals surface area contributed by atoms with Gasteiger partial charge in [-0.2, -0.15) is 13.2 Å². The predicted octanol–water partition coefficient (Wildman–Crippen LogP) is 5.05. The van der Waals surface area contributed by atoms with E-state index in [-0.39, 0.29) is 5.91 Å². The lowest BCUT2D eigenvalue weighted by atomic mass is 10.1. The zero-order chi connectivity index (χ0) is 20.1. The number of carbonyl (C=O) groups excluding carboxylic acids is 1. The lowest BCUT2D eigenvalue weighted by molar-refractivity contribution is -0.137. The van der Waals surface area contributed by atoms with E-state index in [4.69, 9.17) is 0 Å². The average molecular weight is 473 g/mol. The summed E-state index contributed by atoms with van der Waals surface area (Å²) >= 11 is 4.97. The largest absolute Gasteiger partial charge is 0.416 e. The Morgan fingerprint density at radius 1 is 1.04 bits per heavy atom. The second kappa shape index (κ2) is 9.22. The van der Waals surface area contributed by atoms with Crippen LogP contribution >= 0.6 is 27.7 Å². The highest BCUT2D eigenvalue weighted by Crippen LogP contribution is 2.32. The molecular formula is C20H20BrF3N2OS. The Morgan fingerprint density at radius 3 is 2.36 bits per heavy atom. The zero-order valence-corrected chi connectivity index (χ0v) is 17.5. The van der Waals surface area contributed by atoms with Gasteiger partial charge < -0.3 is 9.80 Å². The van der Waals surface area contributed by atoms with Crippen molar-refractivity contribution in [2.45, 2.75) is 11.9 Å². The molecule has 0 aliphatic carbocycles. The smallest absolute Gasteiger partial charge is 0.368 e. The molecule has 1 fully saturated rings. The first-order valence-electron chi connectivity index (χ1n) is 8.85. The number of anilines is 1. The summed E-state index contributed by atoms with van der Waals surface area (Å²) in [5.41, 5.74) is 1.06. The van der Waals surface area contributed by atoms with E-state index < -0.39 is 11.7 Å². The van der Waals surface area contributed by atoms with Crippen LogP contribution in [0.5, 0.6) is 0 Å². The quantitative estimate of drug-likeness (QED) is 0.608. The van der Waals surface area contributed by atoms with Crippen molar-refractivity contribution in [3.63, 3.8) is 0 Å². The minimum absolute atomic E-state index is 0.0748. The van der Waals surface area contributed by atoms with Crippen LogP contribution in [0.1, 0.15) is 11.1 Å². The number of benzene rings is 2. The fourth-order valence-corrected chi connectivity index (χ4v) is 4.17. The van der Waals surface area contributed by atoms with E-state index in [1.807, 2.05) is 29.2 Å². The van der Waals surface area contributed by atoms with Gasteiger partial charge in [-0.25, -0.2) is 0 Å². The molecule has 3 rings (SSSR count). The number of nitrogens with zero attached hydrogens (tertiary/aromatic N) is 2. The van der Waals surface area contributed by atoms with Gasteiger partial charge in [-0.15, -0.1) is 11.8 Å². The molecule has 0 radical (unpaired) electrons. The van der Waals surface area contributed by atoms with Crippen molar-refractivity contribution in [2.24, 2.45) is 0 Å². The van der Waals surface area contributed by atoms with Gasteiger partial charge in [0.25, 0.3) is 0 Å². The maximum atomic E-state index is 12.9. The van der Waals surface area contributed by atoms with Crippen LogP contribution in [0.4, 0.5) is 18.9 Å². The molecular weight excluding hydrogens is 453 g/mol. The summed E-state index contributed by atoms with van der Waals surface area (Å²) < 4.78 is 39.7. The van der Waals surface area contributed by atoms with Gasteiger partial charge in [0, 0.05) is 42.1 Å². The number of hydrogen-bond acceptors (Lipinski definition) is 3. The lowest BCUT2D eigenvalue weighted by Gasteiger charge is -2.36. The zero-order valence-electron chi connectivity index (χ0n) is 15.1. The molecule has 0 unspecified atom stereocenters. The SMILES string of the molecule is O=C(CSCc1ccc(Br)cc1)N1CCN(c2cccc(C(F)(F)F)c2)CC1. The van der Waals surface area contributed by atoms with Crippen molar-refractivity contribution in [1.82, 2.24) is 4.90 Å². The van der Waals surface area contributed by atoms with Gasteiger partial charge in [0.2, 0.25) is 5.91 Å². The van der Waals surface area contributed by atoms with E-state index in [0.717, 1.165) is 21.9 Å². The Labute approximate surface area is 175 Å². The molecule has 8 heteroatoms. The number of amides is 1. The number of piperazine rings is 1. The van der Waals surface area contributed by atoms with Crippen molar-refractivity contribution < 1.29 is 18.0 Å². The predicted molar refractivity (Wildman–Crippen MR) is 111 cm³/mol. The van der Waals surface area contributed by atoms with E-state index >= 15 is 0 Å². The Hall–Kier alpha value is -1.67. The van der Waals surface area contributed by atoms with Crippen LogP contribution in [0.3, 0.4) is 0 Å². The molecule has 1 aliphatic rings. The Balaban J connectivity index is 1.47. The first kappa shape index (κ1) is 21.0. The Bertz CT molecular complexity index is 806. The Kier molecular flexibility index (Phi) is 6.93. The van der Waals surface area contributed by atoms with Crippen LogP contribution in [-0.2, 0) is 16.7 Å². The summed E-state index contributed by atoms with van der Waals surface area (Å²) in [7, 11) is 0. The van der Waals surface area contributed by atoms with Gasteiger partial charge in [0.15, 0.2) is 0 Å². The van der Waals surface area contributed by atoms with Gasteiger partial charge in [0.05, 0.1) is 11.3 Å². The fraction of sp³-hybridized carbons (Fsp3) is 0.350. The van der Waals surface area contributed by atoms with E-state index in [0.29, 0.717) is 37.6 Å². The summed E-state index contributed by atoms with van der Waals surface area (Å²) in [6.45, 7) is 2.11.